The molecule has 0 radical (unpaired) electrons. The van der Waals surface area contributed by atoms with Gasteiger partial charge < -0.3 is 9.84 Å². The summed E-state index contributed by atoms with van der Waals surface area (Å²) in [5.41, 5.74) is -1.50. The second-order valence-corrected chi connectivity index (χ2v) is 7.24. The zero-order valence-electron chi connectivity index (χ0n) is 15.7. The van der Waals surface area contributed by atoms with E-state index in [9.17, 15) is 27.9 Å². The van der Waals surface area contributed by atoms with Gasteiger partial charge in [-0.1, -0.05) is 12.1 Å². The van der Waals surface area contributed by atoms with Gasteiger partial charge in [0.25, 0.3) is 0 Å². The average molecular weight is 398 g/mol. The van der Waals surface area contributed by atoms with Crippen molar-refractivity contribution >= 4 is 11.9 Å². The van der Waals surface area contributed by atoms with Crippen LogP contribution in [0.2, 0.25) is 0 Å². The molecule has 2 aromatic rings. The Bertz CT molecular complexity index is 867. The highest BCUT2D eigenvalue weighted by Crippen LogP contribution is 2.29. The molecule has 0 saturated carbocycles. The first-order valence-electron chi connectivity index (χ1n) is 8.58. The van der Waals surface area contributed by atoms with Crippen molar-refractivity contribution in [3.8, 4) is 5.69 Å². The second-order valence-electron chi connectivity index (χ2n) is 7.24. The van der Waals surface area contributed by atoms with Crippen molar-refractivity contribution in [2.75, 3.05) is 0 Å². The first kappa shape index (κ1) is 21.5. The Morgan fingerprint density at radius 1 is 1.18 bits per heavy atom. The van der Waals surface area contributed by atoms with E-state index in [1.807, 2.05) is 0 Å². The van der Waals surface area contributed by atoms with E-state index >= 15 is 0 Å². The van der Waals surface area contributed by atoms with Crippen molar-refractivity contribution in [2.45, 2.75) is 51.8 Å². The maximum atomic E-state index is 12.9. The van der Waals surface area contributed by atoms with E-state index in [-0.39, 0.29) is 18.1 Å². The summed E-state index contributed by atoms with van der Waals surface area (Å²) in [6, 6.07) is 6.86. The first-order valence-corrected chi connectivity index (χ1v) is 8.58. The quantitative estimate of drug-likeness (QED) is 0.736. The number of aromatic carboxylic acids is 1. The van der Waals surface area contributed by atoms with Crippen LogP contribution in [0.5, 0.6) is 0 Å². The number of hydrogen-bond acceptors (Lipinski definition) is 4. The van der Waals surface area contributed by atoms with Gasteiger partial charge in [-0.3, -0.25) is 4.79 Å². The second kappa shape index (κ2) is 8.04. The lowest BCUT2D eigenvalue weighted by Crippen LogP contribution is -2.23. The molecular weight excluding hydrogens is 377 g/mol. The van der Waals surface area contributed by atoms with Crippen molar-refractivity contribution in [1.82, 2.24) is 9.78 Å². The van der Waals surface area contributed by atoms with Crippen molar-refractivity contribution in [2.24, 2.45) is 0 Å². The number of esters is 1. The summed E-state index contributed by atoms with van der Waals surface area (Å²) in [5, 5.41) is 12.6. The molecule has 6 nitrogen and oxygen atoms in total. The number of alkyl halides is 3. The number of rotatable bonds is 6. The maximum Gasteiger partial charge on any atom is 0.435 e. The summed E-state index contributed by atoms with van der Waals surface area (Å²) in [5.74, 6) is -1.85. The molecule has 28 heavy (non-hydrogen) atoms. The average Bonchev–Trinajstić information content (AvgIpc) is 2.99. The smallest absolute Gasteiger partial charge is 0.435 e. The summed E-state index contributed by atoms with van der Waals surface area (Å²) in [7, 11) is 0. The van der Waals surface area contributed by atoms with E-state index in [2.05, 4.69) is 5.10 Å². The van der Waals surface area contributed by atoms with Gasteiger partial charge in [0.2, 0.25) is 0 Å². The molecule has 0 aliphatic carbocycles. The number of aryl methyl sites for hydroxylation is 1. The molecule has 0 aliphatic heterocycles. The Hall–Kier alpha value is -2.84. The predicted octanol–water partition coefficient (Wildman–Crippen LogP) is 4.25. The molecule has 1 aromatic carbocycles. The van der Waals surface area contributed by atoms with Crippen LogP contribution in [0.3, 0.4) is 0 Å². The minimum absolute atomic E-state index is 0.196. The molecule has 1 heterocycles. The van der Waals surface area contributed by atoms with E-state index in [0.29, 0.717) is 18.9 Å². The van der Waals surface area contributed by atoms with Crippen molar-refractivity contribution in [1.29, 1.82) is 0 Å². The molecule has 0 atom stereocenters. The standard InChI is InChI=1S/C19H21F3N2O4/c1-18(2,3)28-16(25)9-5-7-12-6-4-8-13(10-12)24-14(17(26)27)11-15(23-24)19(20,21)22/h4,6,8,10-11H,5,7,9H2,1-3H3,(H,26,27). The van der Waals surface area contributed by atoms with Gasteiger partial charge in [0.05, 0.1) is 5.69 Å². The van der Waals surface area contributed by atoms with Crippen LogP contribution in [0, 0.1) is 0 Å². The van der Waals surface area contributed by atoms with Gasteiger partial charge in [0.1, 0.15) is 5.60 Å². The molecule has 0 spiro atoms. The van der Waals surface area contributed by atoms with Crippen LogP contribution in [-0.2, 0) is 22.1 Å². The topological polar surface area (TPSA) is 81.4 Å². The number of hydrogen-bond donors (Lipinski definition) is 1. The van der Waals surface area contributed by atoms with Crippen molar-refractivity contribution < 1.29 is 32.6 Å². The van der Waals surface area contributed by atoms with Crippen LogP contribution in [-0.4, -0.2) is 32.4 Å². The molecule has 0 fully saturated rings. The minimum Gasteiger partial charge on any atom is -0.477 e. The van der Waals surface area contributed by atoms with Crippen LogP contribution >= 0.6 is 0 Å². The van der Waals surface area contributed by atoms with Crippen LogP contribution in [0.15, 0.2) is 30.3 Å². The lowest BCUT2D eigenvalue weighted by Gasteiger charge is -2.19. The fraction of sp³-hybridized carbons (Fsp3) is 0.421. The predicted molar refractivity (Wildman–Crippen MR) is 94.3 cm³/mol. The Balaban J connectivity index is 2.16. The zero-order chi connectivity index (χ0) is 21.1. The third kappa shape index (κ3) is 5.83. The number of carbonyl (C=O) groups is 2. The van der Waals surface area contributed by atoms with Crippen LogP contribution in [0.4, 0.5) is 13.2 Å². The minimum atomic E-state index is -4.75. The highest BCUT2D eigenvalue weighted by molar-refractivity contribution is 5.86. The summed E-state index contributed by atoms with van der Waals surface area (Å²) in [6.07, 6.45) is -3.59. The SMILES string of the molecule is CC(C)(C)OC(=O)CCCc1cccc(-n2nc(C(F)(F)F)cc2C(=O)O)c1. The number of nitrogens with zero attached hydrogens (tertiary/aromatic N) is 2. The number of ether oxygens (including phenoxy) is 1. The lowest BCUT2D eigenvalue weighted by atomic mass is 10.1. The molecule has 1 N–H and O–H groups in total. The largest absolute Gasteiger partial charge is 0.477 e. The Labute approximate surface area is 159 Å². The molecule has 0 unspecified atom stereocenters. The van der Waals surface area contributed by atoms with E-state index in [1.54, 1.807) is 39.0 Å². The third-order valence-corrected chi connectivity index (χ3v) is 3.64. The fourth-order valence-electron chi connectivity index (χ4n) is 2.54. The summed E-state index contributed by atoms with van der Waals surface area (Å²) in [4.78, 5) is 23.0. The van der Waals surface area contributed by atoms with E-state index in [1.165, 1.54) is 6.07 Å². The highest BCUT2D eigenvalue weighted by atomic mass is 19.4. The summed E-state index contributed by atoms with van der Waals surface area (Å²) in [6.45, 7) is 5.31. The van der Waals surface area contributed by atoms with Gasteiger partial charge in [-0.25, -0.2) is 9.48 Å². The van der Waals surface area contributed by atoms with Gasteiger partial charge in [0, 0.05) is 12.5 Å². The van der Waals surface area contributed by atoms with Crippen LogP contribution in [0.1, 0.15) is 55.4 Å². The fourth-order valence-corrected chi connectivity index (χ4v) is 2.54. The molecule has 2 rings (SSSR count). The van der Waals surface area contributed by atoms with Crippen LogP contribution in [0.25, 0.3) is 5.69 Å². The van der Waals surface area contributed by atoms with Crippen molar-refractivity contribution in [3.63, 3.8) is 0 Å². The van der Waals surface area contributed by atoms with Gasteiger partial charge in [-0.05, 0) is 51.3 Å². The molecule has 9 heteroatoms. The molecule has 0 aliphatic rings. The maximum absolute atomic E-state index is 12.9. The van der Waals surface area contributed by atoms with E-state index in [0.717, 1.165) is 10.2 Å². The van der Waals surface area contributed by atoms with Gasteiger partial charge in [0.15, 0.2) is 11.4 Å². The van der Waals surface area contributed by atoms with Gasteiger partial charge in [-0.2, -0.15) is 18.3 Å². The molecule has 1 aromatic heterocycles. The normalized spacial score (nSPS) is 12.1. The van der Waals surface area contributed by atoms with Gasteiger partial charge in [-0.15, -0.1) is 0 Å². The number of carboxylic acids is 1. The molecule has 0 amide bonds. The number of halogens is 3. The Kier molecular flexibility index (Phi) is 6.16. The number of carbonyl (C=O) groups excluding carboxylic acids is 1. The van der Waals surface area contributed by atoms with Gasteiger partial charge >= 0.3 is 18.1 Å². The summed E-state index contributed by atoms with van der Waals surface area (Å²) < 4.78 is 44.6. The van der Waals surface area contributed by atoms with Crippen molar-refractivity contribution in [3.05, 3.63) is 47.3 Å². The monoisotopic (exact) mass is 398 g/mol. The first-order chi connectivity index (χ1) is 12.9. The highest BCUT2D eigenvalue weighted by Gasteiger charge is 2.36. The number of carboxylic acid groups (broad SMARTS) is 1. The van der Waals surface area contributed by atoms with E-state index in [4.69, 9.17) is 4.74 Å². The van der Waals surface area contributed by atoms with E-state index < -0.39 is 29.1 Å². The lowest BCUT2D eigenvalue weighted by molar-refractivity contribution is -0.154. The molecule has 152 valence electrons. The number of benzene rings is 1. The Morgan fingerprint density at radius 2 is 1.86 bits per heavy atom. The number of aromatic nitrogens is 2. The Morgan fingerprint density at radius 3 is 2.43 bits per heavy atom. The molecule has 0 saturated heterocycles. The molecule has 0 bridgehead atoms. The van der Waals surface area contributed by atoms with Crippen LogP contribution < -0.4 is 0 Å². The molecular formula is C19H21F3N2O4. The summed E-state index contributed by atoms with van der Waals surface area (Å²) >= 11 is 0. The zero-order valence-corrected chi connectivity index (χ0v) is 15.7. The third-order valence-electron chi connectivity index (χ3n) is 3.64.